The second kappa shape index (κ2) is 3.07. The van der Waals surface area contributed by atoms with Crippen molar-refractivity contribution in [2.45, 2.75) is 6.61 Å². The van der Waals surface area contributed by atoms with Gasteiger partial charge in [0, 0.05) is 28.7 Å². The van der Waals surface area contributed by atoms with Crippen molar-refractivity contribution in [1.29, 1.82) is 0 Å². The maximum atomic E-state index is 9.15. The summed E-state index contributed by atoms with van der Waals surface area (Å²) in [5.74, 6) is 0. The van der Waals surface area contributed by atoms with Gasteiger partial charge in [0.2, 0.25) is 0 Å². The average Bonchev–Trinajstić information content (AvgIpc) is 2.72. The van der Waals surface area contributed by atoms with Gasteiger partial charge in [-0.25, -0.2) is 0 Å². The summed E-state index contributed by atoms with van der Waals surface area (Å²) in [6.45, 7) is 0.0417. The maximum Gasteiger partial charge on any atom is 0.0723 e. The molecule has 2 aromatic heterocycles. The summed E-state index contributed by atoms with van der Waals surface area (Å²) in [7, 11) is 0. The minimum atomic E-state index is 0.0417. The first-order chi connectivity index (χ1) is 7.40. The van der Waals surface area contributed by atoms with Crippen molar-refractivity contribution in [2.75, 3.05) is 0 Å². The first kappa shape index (κ1) is 8.44. The zero-order chi connectivity index (χ0) is 10.3. The number of aromatic nitrogens is 2. The molecule has 3 aromatic rings. The molecule has 0 bridgehead atoms. The fourth-order valence-electron chi connectivity index (χ4n) is 1.91. The van der Waals surface area contributed by atoms with Crippen molar-refractivity contribution >= 4 is 21.8 Å². The van der Waals surface area contributed by atoms with Gasteiger partial charge in [-0.3, -0.25) is 4.98 Å². The van der Waals surface area contributed by atoms with E-state index in [1.165, 1.54) is 0 Å². The highest BCUT2D eigenvalue weighted by molar-refractivity contribution is 6.04. The first-order valence-corrected chi connectivity index (χ1v) is 4.84. The Bertz CT molecular complexity index is 628. The highest BCUT2D eigenvalue weighted by Gasteiger charge is 2.06. The van der Waals surface area contributed by atoms with E-state index < -0.39 is 0 Å². The van der Waals surface area contributed by atoms with Crippen LogP contribution in [0.25, 0.3) is 21.8 Å². The van der Waals surface area contributed by atoms with Crippen LogP contribution in [0.2, 0.25) is 0 Å². The Kier molecular flexibility index (Phi) is 1.73. The molecule has 2 heterocycles. The summed E-state index contributed by atoms with van der Waals surface area (Å²) in [4.78, 5) is 7.54. The van der Waals surface area contributed by atoms with Crippen LogP contribution in [0.3, 0.4) is 0 Å². The summed E-state index contributed by atoms with van der Waals surface area (Å²) in [6.07, 6.45) is 3.64. The summed E-state index contributed by atoms with van der Waals surface area (Å²) in [5, 5.41) is 11.2. The van der Waals surface area contributed by atoms with Gasteiger partial charge in [-0.1, -0.05) is 18.2 Å². The molecule has 0 aliphatic carbocycles. The lowest BCUT2D eigenvalue weighted by molar-refractivity contribution is 0.283. The number of H-pyrrole nitrogens is 1. The number of aliphatic hydroxyl groups is 1. The zero-order valence-electron chi connectivity index (χ0n) is 8.07. The molecule has 0 fully saturated rings. The van der Waals surface area contributed by atoms with Crippen molar-refractivity contribution < 1.29 is 5.11 Å². The number of nitrogens with one attached hydrogen (secondary N) is 1. The van der Waals surface area contributed by atoms with Gasteiger partial charge >= 0.3 is 0 Å². The Balaban J connectivity index is 2.50. The number of aliphatic hydroxyl groups excluding tert-OH is 1. The Labute approximate surface area is 86.4 Å². The molecule has 1 aromatic carbocycles. The van der Waals surface area contributed by atoms with Crippen LogP contribution in [0.4, 0.5) is 0 Å². The van der Waals surface area contributed by atoms with Gasteiger partial charge < -0.3 is 10.1 Å². The maximum absolute atomic E-state index is 9.15. The normalized spacial score (nSPS) is 11.3. The summed E-state index contributed by atoms with van der Waals surface area (Å²) in [5.41, 5.74) is 2.91. The Morgan fingerprint density at radius 3 is 2.93 bits per heavy atom. The number of fused-ring (bicyclic) bond motifs is 3. The fourth-order valence-corrected chi connectivity index (χ4v) is 1.91. The van der Waals surface area contributed by atoms with Crippen molar-refractivity contribution in [2.24, 2.45) is 0 Å². The van der Waals surface area contributed by atoms with E-state index in [1.807, 2.05) is 30.5 Å². The number of hydrogen-bond acceptors (Lipinski definition) is 2. The number of para-hydroxylation sites is 1. The molecule has 0 aliphatic rings. The zero-order valence-corrected chi connectivity index (χ0v) is 8.07. The molecule has 0 unspecified atom stereocenters. The van der Waals surface area contributed by atoms with E-state index in [-0.39, 0.29) is 6.61 Å². The molecule has 0 spiro atoms. The molecular formula is C12H10N2O. The van der Waals surface area contributed by atoms with E-state index in [2.05, 4.69) is 9.97 Å². The molecular weight excluding hydrogens is 188 g/mol. The van der Waals surface area contributed by atoms with Crippen LogP contribution in [0.5, 0.6) is 0 Å². The summed E-state index contributed by atoms with van der Waals surface area (Å²) in [6, 6.07) is 7.97. The van der Waals surface area contributed by atoms with Crippen LogP contribution >= 0.6 is 0 Å². The minimum absolute atomic E-state index is 0.0417. The molecule has 0 aliphatic heterocycles. The van der Waals surface area contributed by atoms with E-state index in [4.69, 9.17) is 5.11 Å². The molecule has 74 valence electrons. The third-order valence-corrected chi connectivity index (χ3v) is 2.68. The van der Waals surface area contributed by atoms with Gasteiger partial charge in [0.05, 0.1) is 17.6 Å². The van der Waals surface area contributed by atoms with E-state index in [9.17, 15) is 0 Å². The SMILES string of the molecule is OCc1c[nH]c2c1cnc1ccccc12. The smallest absolute Gasteiger partial charge is 0.0723 e. The van der Waals surface area contributed by atoms with Crippen molar-refractivity contribution in [3.63, 3.8) is 0 Å². The van der Waals surface area contributed by atoms with Crippen molar-refractivity contribution in [3.8, 4) is 0 Å². The lowest BCUT2D eigenvalue weighted by Crippen LogP contribution is -1.82. The van der Waals surface area contributed by atoms with Crippen molar-refractivity contribution in [3.05, 3.63) is 42.2 Å². The Morgan fingerprint density at radius 2 is 2.07 bits per heavy atom. The van der Waals surface area contributed by atoms with Crippen LogP contribution in [0.1, 0.15) is 5.56 Å². The van der Waals surface area contributed by atoms with Gasteiger partial charge in [-0.2, -0.15) is 0 Å². The quantitative estimate of drug-likeness (QED) is 0.629. The van der Waals surface area contributed by atoms with E-state index in [0.717, 1.165) is 27.4 Å². The number of hydrogen-bond donors (Lipinski definition) is 2. The van der Waals surface area contributed by atoms with Crippen LogP contribution in [-0.4, -0.2) is 15.1 Å². The van der Waals surface area contributed by atoms with Gasteiger partial charge in [0.1, 0.15) is 0 Å². The third-order valence-electron chi connectivity index (χ3n) is 2.68. The molecule has 15 heavy (non-hydrogen) atoms. The number of pyridine rings is 1. The number of benzene rings is 1. The number of nitrogens with zero attached hydrogens (tertiary/aromatic N) is 1. The van der Waals surface area contributed by atoms with Crippen LogP contribution < -0.4 is 0 Å². The summed E-state index contributed by atoms with van der Waals surface area (Å²) < 4.78 is 0. The molecule has 3 nitrogen and oxygen atoms in total. The highest BCUT2D eigenvalue weighted by Crippen LogP contribution is 2.24. The lowest BCUT2D eigenvalue weighted by atomic mass is 10.1. The molecule has 2 N–H and O–H groups in total. The van der Waals surface area contributed by atoms with Crippen molar-refractivity contribution in [1.82, 2.24) is 9.97 Å². The van der Waals surface area contributed by atoms with Crippen LogP contribution in [-0.2, 0) is 6.61 Å². The second-order valence-electron chi connectivity index (χ2n) is 3.54. The number of rotatable bonds is 1. The van der Waals surface area contributed by atoms with Gasteiger partial charge in [-0.15, -0.1) is 0 Å². The standard InChI is InChI=1S/C12H10N2O/c15-7-8-5-14-12-9-3-1-2-4-11(9)13-6-10(8)12/h1-6,14-15H,7H2. The molecule has 3 rings (SSSR count). The van der Waals surface area contributed by atoms with E-state index >= 15 is 0 Å². The lowest BCUT2D eigenvalue weighted by Gasteiger charge is -1.98. The molecule has 0 amide bonds. The largest absolute Gasteiger partial charge is 0.392 e. The second-order valence-corrected chi connectivity index (χ2v) is 3.54. The monoisotopic (exact) mass is 198 g/mol. The Hall–Kier alpha value is -1.87. The fraction of sp³-hybridized carbons (Fsp3) is 0.0833. The first-order valence-electron chi connectivity index (χ1n) is 4.84. The van der Waals surface area contributed by atoms with Gasteiger partial charge in [0.15, 0.2) is 0 Å². The molecule has 0 saturated heterocycles. The molecule has 0 radical (unpaired) electrons. The predicted octanol–water partition coefficient (Wildman–Crippen LogP) is 2.21. The van der Waals surface area contributed by atoms with Gasteiger partial charge in [0.25, 0.3) is 0 Å². The predicted molar refractivity (Wildman–Crippen MR) is 59.5 cm³/mol. The third kappa shape index (κ3) is 1.13. The van der Waals surface area contributed by atoms with Gasteiger partial charge in [-0.05, 0) is 6.07 Å². The molecule has 3 heteroatoms. The minimum Gasteiger partial charge on any atom is -0.392 e. The van der Waals surface area contributed by atoms with E-state index in [0.29, 0.717) is 0 Å². The van der Waals surface area contributed by atoms with Crippen LogP contribution in [0.15, 0.2) is 36.7 Å². The molecule has 0 saturated carbocycles. The highest BCUT2D eigenvalue weighted by atomic mass is 16.3. The average molecular weight is 198 g/mol. The topological polar surface area (TPSA) is 48.9 Å². The summed E-state index contributed by atoms with van der Waals surface area (Å²) >= 11 is 0. The van der Waals surface area contributed by atoms with E-state index in [1.54, 1.807) is 6.20 Å². The van der Waals surface area contributed by atoms with Crippen LogP contribution in [0, 0.1) is 0 Å². The Morgan fingerprint density at radius 1 is 1.20 bits per heavy atom. The number of aromatic amines is 1. The molecule has 0 atom stereocenters.